The summed E-state index contributed by atoms with van der Waals surface area (Å²) in [5.41, 5.74) is 0. The minimum atomic E-state index is -5.33. The summed E-state index contributed by atoms with van der Waals surface area (Å²) in [5, 5.41) is 0. The van der Waals surface area contributed by atoms with E-state index in [4.69, 9.17) is 0 Å². The van der Waals surface area contributed by atoms with Crippen molar-refractivity contribution in [2.45, 2.75) is 84.0 Å². The Hall–Kier alpha value is -0.740. The van der Waals surface area contributed by atoms with Crippen LogP contribution in [0, 0.1) is 0 Å². The van der Waals surface area contributed by atoms with Gasteiger partial charge in [-0.3, -0.25) is 0 Å². The topological polar surface area (TPSA) is 0 Å². The molecule has 0 aromatic heterocycles. The molecule has 0 amide bonds. The maximum atomic E-state index is 10.4. The minimum absolute atomic E-state index is 1.37. The van der Waals surface area contributed by atoms with Crippen LogP contribution in [0.2, 0.25) is 0 Å². The second-order valence-electron chi connectivity index (χ2n) is 6.69. The van der Waals surface area contributed by atoms with Gasteiger partial charge in [-0.05, 0) is 32.1 Å². The van der Waals surface area contributed by atoms with Crippen molar-refractivity contribution in [3.8, 4) is 0 Å². The largest absolute Gasteiger partial charge is 0.450 e. The van der Waals surface area contributed by atoms with Gasteiger partial charge >= 0.3 is 25.2 Å². The molecule has 1 rings (SSSR count). The van der Waals surface area contributed by atoms with Crippen LogP contribution >= 0.6 is 0 Å². The van der Waals surface area contributed by atoms with E-state index in [1.807, 2.05) is 0 Å². The van der Waals surface area contributed by atoms with Crippen LogP contribution in [0.1, 0.15) is 58.8 Å². The van der Waals surface area contributed by atoms with Crippen LogP contribution in [0.15, 0.2) is 0 Å². The molecule has 1 fully saturated rings. The number of nitrogens with zero attached hydrogens (tertiary/aromatic N) is 1. The minimum Gasteiger partial charge on any atom is -0.324 e. The standard InChI is InChI=1S/C13H28N.2C2HF5/c1-3-5-10-14(11-6-4-2)12-8-7-9-13-14;2*3-1(4)2(5,6)7/h3-13H2,1-2H3;2*1H/q+1;;. The van der Waals surface area contributed by atoms with Gasteiger partial charge in [0.05, 0.1) is 26.2 Å². The fraction of sp³-hybridized carbons (Fsp3) is 1.00. The SMILES string of the molecule is CCCC[N+]1(CCCC)CCCCC1.FC(F)C(F)(F)F.FC(F)C(F)(F)F. The Morgan fingerprint density at radius 3 is 1.14 bits per heavy atom. The number of quaternary nitrogens is 1. The Morgan fingerprint density at radius 1 is 0.643 bits per heavy atom. The molecular weight excluding hydrogens is 408 g/mol. The molecule has 1 aliphatic rings. The summed E-state index contributed by atoms with van der Waals surface area (Å²) in [6.45, 7) is 10.5. The highest BCUT2D eigenvalue weighted by Gasteiger charge is 2.40. The lowest BCUT2D eigenvalue weighted by atomic mass is 10.1. The van der Waals surface area contributed by atoms with Crippen molar-refractivity contribution < 1.29 is 48.4 Å². The van der Waals surface area contributed by atoms with Gasteiger partial charge < -0.3 is 4.48 Å². The summed E-state index contributed by atoms with van der Waals surface area (Å²) in [5.74, 6) is 0. The third-order valence-corrected chi connectivity index (χ3v) is 4.23. The monoisotopic (exact) mass is 438 g/mol. The predicted molar refractivity (Wildman–Crippen MR) is 87.5 cm³/mol. The molecule has 11 heteroatoms. The zero-order chi connectivity index (χ0) is 22.4. The molecule has 0 aromatic rings. The molecule has 28 heavy (non-hydrogen) atoms. The van der Waals surface area contributed by atoms with E-state index < -0.39 is 25.2 Å². The van der Waals surface area contributed by atoms with Crippen LogP contribution < -0.4 is 0 Å². The lowest BCUT2D eigenvalue weighted by molar-refractivity contribution is -0.932. The van der Waals surface area contributed by atoms with Crippen molar-refractivity contribution in [3.05, 3.63) is 0 Å². The Balaban J connectivity index is 0. The van der Waals surface area contributed by atoms with E-state index in [0.717, 1.165) is 0 Å². The average molecular weight is 438 g/mol. The fourth-order valence-electron chi connectivity index (χ4n) is 2.73. The zero-order valence-electron chi connectivity index (χ0n) is 16.2. The number of alkyl halides is 10. The first-order valence-corrected chi connectivity index (χ1v) is 9.26. The maximum absolute atomic E-state index is 10.4. The molecule has 0 aromatic carbocycles. The van der Waals surface area contributed by atoms with Gasteiger partial charge in [-0.1, -0.05) is 26.7 Å². The van der Waals surface area contributed by atoms with Gasteiger partial charge in [0.2, 0.25) is 0 Å². The Labute approximate surface area is 159 Å². The molecule has 0 N–H and O–H groups in total. The Kier molecular flexibility index (Phi) is 15.0. The molecule has 0 aliphatic carbocycles. The van der Waals surface area contributed by atoms with E-state index >= 15 is 0 Å². The molecule has 0 bridgehead atoms. The summed E-state index contributed by atoms with van der Waals surface area (Å²) in [4.78, 5) is 0. The molecule has 1 aliphatic heterocycles. The van der Waals surface area contributed by atoms with Crippen LogP contribution in [0.25, 0.3) is 0 Å². The number of unbranched alkanes of at least 4 members (excludes halogenated alkanes) is 2. The fourth-order valence-corrected chi connectivity index (χ4v) is 2.73. The average Bonchev–Trinajstić information content (AvgIpc) is 2.58. The Bertz CT molecular complexity index is 332. The summed E-state index contributed by atoms with van der Waals surface area (Å²) in [6, 6.07) is 0. The summed E-state index contributed by atoms with van der Waals surface area (Å²) in [6.07, 6.45) is -9.02. The number of likely N-dealkylation sites (tertiary alicyclic amines) is 1. The van der Waals surface area contributed by atoms with Crippen molar-refractivity contribution in [1.82, 2.24) is 0 Å². The zero-order valence-corrected chi connectivity index (χ0v) is 16.2. The van der Waals surface area contributed by atoms with Crippen LogP contribution in [-0.4, -0.2) is 55.9 Å². The van der Waals surface area contributed by atoms with E-state index in [-0.39, 0.29) is 0 Å². The number of halogens is 10. The highest BCUT2D eigenvalue weighted by atomic mass is 19.4. The first-order valence-electron chi connectivity index (χ1n) is 9.26. The first-order chi connectivity index (χ1) is 12.7. The molecule has 0 unspecified atom stereocenters. The van der Waals surface area contributed by atoms with Crippen molar-refractivity contribution in [1.29, 1.82) is 0 Å². The van der Waals surface area contributed by atoms with Crippen LogP contribution in [0.3, 0.4) is 0 Å². The predicted octanol–water partition coefficient (Wildman–Crippen LogP) is 7.21. The molecule has 0 saturated carbocycles. The summed E-state index contributed by atoms with van der Waals surface area (Å²) in [7, 11) is 0. The van der Waals surface area contributed by atoms with Gasteiger partial charge in [0.15, 0.2) is 0 Å². The number of hydrogen-bond acceptors (Lipinski definition) is 0. The van der Waals surface area contributed by atoms with Crippen LogP contribution in [-0.2, 0) is 0 Å². The van der Waals surface area contributed by atoms with Gasteiger partial charge in [-0.25, -0.2) is 17.6 Å². The van der Waals surface area contributed by atoms with Crippen molar-refractivity contribution >= 4 is 0 Å². The van der Waals surface area contributed by atoms with Gasteiger partial charge in [-0.2, -0.15) is 26.3 Å². The third-order valence-electron chi connectivity index (χ3n) is 4.23. The molecular formula is C17H30F10N+. The first kappa shape index (κ1) is 29.5. The lowest BCUT2D eigenvalue weighted by Gasteiger charge is -2.41. The smallest absolute Gasteiger partial charge is 0.324 e. The summed E-state index contributed by atoms with van der Waals surface area (Å²) < 4.78 is 106. The van der Waals surface area contributed by atoms with Gasteiger partial charge in [-0.15, -0.1) is 0 Å². The van der Waals surface area contributed by atoms with E-state index in [9.17, 15) is 43.9 Å². The molecule has 172 valence electrons. The third kappa shape index (κ3) is 15.2. The van der Waals surface area contributed by atoms with Crippen molar-refractivity contribution in [3.63, 3.8) is 0 Å². The molecule has 0 atom stereocenters. The van der Waals surface area contributed by atoms with Crippen LogP contribution in [0.4, 0.5) is 43.9 Å². The van der Waals surface area contributed by atoms with Crippen molar-refractivity contribution in [2.75, 3.05) is 26.2 Å². The van der Waals surface area contributed by atoms with E-state index in [0.29, 0.717) is 0 Å². The number of rotatable bonds is 6. The lowest BCUT2D eigenvalue weighted by Crippen LogP contribution is -2.52. The van der Waals surface area contributed by atoms with Gasteiger partial charge in [0.25, 0.3) is 0 Å². The number of piperidine rings is 1. The summed E-state index contributed by atoms with van der Waals surface area (Å²) >= 11 is 0. The van der Waals surface area contributed by atoms with Crippen LogP contribution in [0.5, 0.6) is 0 Å². The van der Waals surface area contributed by atoms with Gasteiger partial charge in [0.1, 0.15) is 0 Å². The van der Waals surface area contributed by atoms with E-state index in [2.05, 4.69) is 13.8 Å². The highest BCUT2D eigenvalue weighted by Crippen LogP contribution is 2.24. The molecule has 1 saturated heterocycles. The second kappa shape index (κ2) is 14.3. The highest BCUT2D eigenvalue weighted by molar-refractivity contribution is 4.55. The Morgan fingerprint density at radius 2 is 0.929 bits per heavy atom. The van der Waals surface area contributed by atoms with E-state index in [1.54, 1.807) is 0 Å². The van der Waals surface area contributed by atoms with Gasteiger partial charge in [0, 0.05) is 0 Å². The molecule has 0 radical (unpaired) electrons. The molecule has 1 nitrogen and oxygen atoms in total. The van der Waals surface area contributed by atoms with E-state index in [1.165, 1.54) is 75.6 Å². The quantitative estimate of drug-likeness (QED) is 0.304. The molecule has 1 heterocycles. The molecule has 0 spiro atoms. The normalized spacial score (nSPS) is 16.9. The second-order valence-corrected chi connectivity index (χ2v) is 6.69. The number of hydrogen-bond donors (Lipinski definition) is 0. The van der Waals surface area contributed by atoms with Crippen molar-refractivity contribution in [2.24, 2.45) is 0 Å². The maximum Gasteiger partial charge on any atom is 0.450 e.